The highest BCUT2D eigenvalue weighted by atomic mass is 35.5. The van der Waals surface area contributed by atoms with E-state index in [2.05, 4.69) is 10.0 Å². The van der Waals surface area contributed by atoms with Crippen LogP contribution in [0, 0.1) is 5.92 Å². The van der Waals surface area contributed by atoms with Crippen molar-refractivity contribution in [2.24, 2.45) is 5.92 Å². The molecular formula is C20H27ClF3N3O5S. The fourth-order valence-corrected chi connectivity index (χ4v) is 4.75. The van der Waals surface area contributed by atoms with Gasteiger partial charge < -0.3 is 15.0 Å². The first-order valence-corrected chi connectivity index (χ1v) is 12.4. The van der Waals surface area contributed by atoms with Crippen molar-refractivity contribution in [1.29, 1.82) is 0 Å². The quantitative estimate of drug-likeness (QED) is 0.555. The van der Waals surface area contributed by atoms with Gasteiger partial charge in [0, 0.05) is 30.2 Å². The molecule has 0 aliphatic carbocycles. The Balaban J connectivity index is 2.02. The van der Waals surface area contributed by atoms with Crippen molar-refractivity contribution >= 4 is 33.4 Å². The maximum Gasteiger partial charge on any atom is 0.422 e. The summed E-state index contributed by atoms with van der Waals surface area (Å²) in [5.41, 5.74) is -1.06. The SMILES string of the molecule is CC(C)(NS(C)(=O)=O)C(=O)N1CCCC(C(=O)NCc2ccc(Cl)cc2OCC(F)(F)F)C1. The van der Waals surface area contributed by atoms with E-state index in [9.17, 15) is 31.2 Å². The summed E-state index contributed by atoms with van der Waals surface area (Å²) in [6, 6.07) is 4.18. The number of alkyl halides is 3. The monoisotopic (exact) mass is 513 g/mol. The van der Waals surface area contributed by atoms with E-state index < -0.39 is 40.2 Å². The van der Waals surface area contributed by atoms with E-state index in [4.69, 9.17) is 16.3 Å². The molecule has 0 spiro atoms. The van der Waals surface area contributed by atoms with E-state index in [-0.39, 0.29) is 29.8 Å². The van der Waals surface area contributed by atoms with Crippen LogP contribution in [-0.4, -0.2) is 62.8 Å². The number of likely N-dealkylation sites (tertiary alicyclic amines) is 1. The topological polar surface area (TPSA) is 105 Å². The minimum Gasteiger partial charge on any atom is -0.484 e. The normalized spacial score (nSPS) is 17.5. The van der Waals surface area contributed by atoms with Gasteiger partial charge in [-0.3, -0.25) is 9.59 Å². The van der Waals surface area contributed by atoms with E-state index in [0.29, 0.717) is 24.9 Å². The fourth-order valence-electron chi connectivity index (χ4n) is 3.57. The summed E-state index contributed by atoms with van der Waals surface area (Å²) >= 11 is 5.84. The molecule has 8 nitrogen and oxygen atoms in total. The average Bonchev–Trinajstić information content (AvgIpc) is 2.68. The number of sulfonamides is 1. The van der Waals surface area contributed by atoms with Crippen LogP contribution in [0.4, 0.5) is 13.2 Å². The molecular weight excluding hydrogens is 487 g/mol. The van der Waals surface area contributed by atoms with E-state index in [1.54, 1.807) is 0 Å². The molecule has 2 amide bonds. The number of hydrogen-bond donors (Lipinski definition) is 2. The molecule has 1 aromatic rings. The van der Waals surface area contributed by atoms with Gasteiger partial charge in [-0.05, 0) is 38.8 Å². The number of halogens is 4. The van der Waals surface area contributed by atoms with Crippen molar-refractivity contribution in [2.45, 2.75) is 44.9 Å². The first-order valence-electron chi connectivity index (χ1n) is 10.1. The Bertz CT molecular complexity index is 986. The molecule has 1 aromatic carbocycles. The first kappa shape index (κ1) is 27.2. The second kappa shape index (κ2) is 10.5. The highest BCUT2D eigenvalue weighted by Crippen LogP contribution is 2.26. The average molecular weight is 514 g/mol. The van der Waals surface area contributed by atoms with Gasteiger partial charge >= 0.3 is 6.18 Å². The molecule has 1 heterocycles. The number of rotatable bonds is 8. The van der Waals surface area contributed by atoms with Crippen LogP contribution in [0.2, 0.25) is 5.02 Å². The molecule has 13 heteroatoms. The van der Waals surface area contributed by atoms with Gasteiger partial charge in [0.25, 0.3) is 0 Å². The molecule has 0 bridgehead atoms. The van der Waals surface area contributed by atoms with E-state index in [1.165, 1.54) is 36.9 Å². The van der Waals surface area contributed by atoms with E-state index in [1.807, 2.05) is 0 Å². The molecule has 1 atom stereocenters. The van der Waals surface area contributed by atoms with Gasteiger partial charge in [0.15, 0.2) is 6.61 Å². The Morgan fingerprint density at radius 3 is 2.55 bits per heavy atom. The predicted molar refractivity (Wildman–Crippen MR) is 116 cm³/mol. The van der Waals surface area contributed by atoms with Crippen LogP contribution in [0.1, 0.15) is 32.3 Å². The van der Waals surface area contributed by atoms with Gasteiger partial charge in [-0.2, -0.15) is 13.2 Å². The van der Waals surface area contributed by atoms with Crippen LogP contribution in [0.5, 0.6) is 5.75 Å². The molecule has 1 aliphatic heterocycles. The van der Waals surface area contributed by atoms with Gasteiger partial charge in [-0.15, -0.1) is 0 Å². The maximum atomic E-state index is 12.8. The first-order chi connectivity index (χ1) is 15.1. The van der Waals surface area contributed by atoms with Crippen LogP contribution in [0.15, 0.2) is 18.2 Å². The molecule has 0 aromatic heterocycles. The lowest BCUT2D eigenvalue weighted by molar-refractivity contribution is -0.153. The number of carbonyl (C=O) groups excluding carboxylic acids is 2. The molecule has 0 radical (unpaired) electrons. The lowest BCUT2D eigenvalue weighted by Crippen LogP contribution is -2.58. The Morgan fingerprint density at radius 2 is 1.94 bits per heavy atom. The largest absolute Gasteiger partial charge is 0.484 e. The molecule has 2 N–H and O–H groups in total. The maximum absolute atomic E-state index is 12.8. The summed E-state index contributed by atoms with van der Waals surface area (Å²) in [5.74, 6) is -1.47. The Hall–Kier alpha value is -2.05. The second-order valence-electron chi connectivity index (χ2n) is 8.46. The van der Waals surface area contributed by atoms with Crippen LogP contribution < -0.4 is 14.8 Å². The summed E-state index contributed by atoms with van der Waals surface area (Å²) in [4.78, 5) is 27.0. The Morgan fingerprint density at radius 1 is 1.27 bits per heavy atom. The van der Waals surface area contributed by atoms with E-state index >= 15 is 0 Å². The zero-order chi connectivity index (χ0) is 25.0. The molecule has 33 heavy (non-hydrogen) atoms. The van der Waals surface area contributed by atoms with Crippen molar-refractivity contribution in [3.05, 3.63) is 28.8 Å². The summed E-state index contributed by atoms with van der Waals surface area (Å²) in [5, 5.41) is 2.86. The summed E-state index contributed by atoms with van der Waals surface area (Å²) in [7, 11) is -3.62. The summed E-state index contributed by atoms with van der Waals surface area (Å²) in [6.07, 6.45) is -2.52. The molecule has 0 saturated carbocycles. The van der Waals surface area contributed by atoms with Gasteiger partial charge in [-0.1, -0.05) is 17.7 Å². The zero-order valence-electron chi connectivity index (χ0n) is 18.5. The van der Waals surface area contributed by atoms with Crippen LogP contribution >= 0.6 is 11.6 Å². The number of carbonyl (C=O) groups is 2. The molecule has 1 fully saturated rings. The second-order valence-corrected chi connectivity index (χ2v) is 10.6. The number of benzene rings is 1. The van der Waals surface area contributed by atoms with Crippen LogP contribution in [0.25, 0.3) is 0 Å². The lowest BCUT2D eigenvalue weighted by Gasteiger charge is -2.37. The third kappa shape index (κ3) is 8.67. The van der Waals surface area contributed by atoms with Gasteiger partial charge in [0.2, 0.25) is 21.8 Å². The van der Waals surface area contributed by atoms with Crippen molar-refractivity contribution in [1.82, 2.24) is 14.9 Å². The number of nitrogens with zero attached hydrogens (tertiary/aromatic N) is 1. The number of hydrogen-bond acceptors (Lipinski definition) is 5. The zero-order valence-corrected chi connectivity index (χ0v) is 20.0. The number of amides is 2. The van der Waals surface area contributed by atoms with Gasteiger partial charge in [-0.25, -0.2) is 13.1 Å². The minimum absolute atomic E-state index is 0.0885. The van der Waals surface area contributed by atoms with E-state index in [0.717, 1.165) is 6.26 Å². The standard InChI is InChI=1S/C20H27ClF3N3O5S/c1-19(2,26-33(3,30)31)18(29)27-8-4-5-14(11-27)17(28)25-10-13-6-7-15(21)9-16(13)32-12-20(22,23)24/h6-7,9,14,26H,4-5,8,10-12H2,1-3H3,(H,25,28). The van der Waals surface area contributed by atoms with Crippen molar-refractivity contribution < 1.29 is 35.9 Å². The fraction of sp³-hybridized carbons (Fsp3) is 0.600. The van der Waals surface area contributed by atoms with Crippen LogP contribution in [-0.2, 0) is 26.2 Å². The number of ether oxygens (including phenoxy) is 1. The molecule has 2 rings (SSSR count). The number of nitrogens with one attached hydrogen (secondary N) is 2. The lowest BCUT2D eigenvalue weighted by atomic mass is 9.94. The predicted octanol–water partition coefficient (Wildman–Crippen LogP) is 2.46. The van der Waals surface area contributed by atoms with Gasteiger partial charge in [0.05, 0.1) is 12.2 Å². The third-order valence-electron chi connectivity index (χ3n) is 4.93. The van der Waals surface area contributed by atoms with Crippen molar-refractivity contribution in [2.75, 3.05) is 26.0 Å². The highest BCUT2D eigenvalue weighted by molar-refractivity contribution is 7.88. The highest BCUT2D eigenvalue weighted by Gasteiger charge is 2.38. The number of piperidine rings is 1. The molecule has 1 unspecified atom stereocenters. The minimum atomic E-state index is -4.53. The van der Waals surface area contributed by atoms with Crippen molar-refractivity contribution in [3.63, 3.8) is 0 Å². The van der Waals surface area contributed by atoms with Crippen molar-refractivity contribution in [3.8, 4) is 5.75 Å². The summed E-state index contributed by atoms with van der Waals surface area (Å²) < 4.78 is 67.7. The Labute approximate surface area is 195 Å². The molecule has 1 aliphatic rings. The summed E-state index contributed by atoms with van der Waals surface area (Å²) in [6.45, 7) is 1.79. The smallest absolute Gasteiger partial charge is 0.422 e. The Kier molecular flexibility index (Phi) is 8.63. The third-order valence-corrected chi connectivity index (χ3v) is 6.04. The van der Waals surface area contributed by atoms with Gasteiger partial charge in [0.1, 0.15) is 11.3 Å². The molecule has 186 valence electrons. The molecule has 1 saturated heterocycles. The van der Waals surface area contributed by atoms with Crippen LogP contribution in [0.3, 0.4) is 0 Å².